The molecule has 0 atom stereocenters. The smallest absolute Gasteiger partial charge is 0.322 e. The van der Waals surface area contributed by atoms with Crippen LogP contribution in [0.3, 0.4) is 0 Å². The van der Waals surface area contributed by atoms with E-state index >= 15 is 0 Å². The van der Waals surface area contributed by atoms with Crippen molar-refractivity contribution in [3.05, 3.63) is 29.8 Å². The summed E-state index contributed by atoms with van der Waals surface area (Å²) in [7, 11) is 1.78. The lowest BCUT2D eigenvalue weighted by Crippen LogP contribution is -2.47. The van der Waals surface area contributed by atoms with Crippen LogP contribution >= 0.6 is 0 Å². The molecule has 0 radical (unpaired) electrons. The maximum absolute atomic E-state index is 11.9. The van der Waals surface area contributed by atoms with Crippen LogP contribution in [0.15, 0.2) is 24.3 Å². The predicted molar refractivity (Wildman–Crippen MR) is 72.5 cm³/mol. The third-order valence-electron chi connectivity index (χ3n) is 2.52. The van der Waals surface area contributed by atoms with Gasteiger partial charge >= 0.3 is 6.03 Å². The van der Waals surface area contributed by atoms with Crippen molar-refractivity contribution in [1.29, 1.82) is 0 Å². The molecule has 0 aliphatic rings. The number of hydrogen-bond acceptors (Lipinski definition) is 1. The summed E-state index contributed by atoms with van der Waals surface area (Å²) in [4.78, 5) is 13.6. The lowest BCUT2D eigenvalue weighted by atomic mass is 10.1. The highest BCUT2D eigenvalue weighted by atomic mass is 16.2. The second-order valence-electron chi connectivity index (χ2n) is 5.26. The highest BCUT2D eigenvalue weighted by Gasteiger charge is 2.17. The Labute approximate surface area is 104 Å². The van der Waals surface area contributed by atoms with E-state index in [1.807, 2.05) is 32.9 Å². The van der Waals surface area contributed by atoms with E-state index < -0.39 is 0 Å². The second kappa shape index (κ2) is 5.21. The molecule has 3 nitrogen and oxygen atoms in total. The highest BCUT2D eigenvalue weighted by molar-refractivity contribution is 5.91. The minimum atomic E-state index is -0.214. The maximum Gasteiger partial charge on any atom is 0.322 e. The Bertz CT molecular complexity index is 376. The van der Waals surface area contributed by atoms with Gasteiger partial charge in [-0.25, -0.2) is 4.79 Å². The van der Waals surface area contributed by atoms with Crippen molar-refractivity contribution in [3.8, 4) is 0 Å². The molecule has 1 N–H and O–H groups in total. The van der Waals surface area contributed by atoms with Crippen LogP contribution in [0.4, 0.5) is 10.5 Å². The van der Waals surface area contributed by atoms with Gasteiger partial charge < -0.3 is 5.32 Å². The minimum absolute atomic E-state index is 0.0817. The van der Waals surface area contributed by atoms with E-state index in [2.05, 4.69) is 24.4 Å². The number of rotatable bonds is 2. The molecule has 17 heavy (non-hydrogen) atoms. The van der Waals surface area contributed by atoms with E-state index in [4.69, 9.17) is 0 Å². The average molecular weight is 234 g/mol. The SMILES string of the molecule is CCc1ccc(N(C)C(=O)NC(C)(C)C)cc1. The molecule has 1 aromatic carbocycles. The number of amides is 2. The summed E-state index contributed by atoms with van der Waals surface area (Å²) in [5, 5.41) is 2.93. The predicted octanol–water partition coefficient (Wildman–Crippen LogP) is 3.19. The standard InChI is InChI=1S/C14H22N2O/c1-6-11-7-9-12(10-8-11)16(5)13(17)15-14(2,3)4/h7-10H,6H2,1-5H3,(H,15,17). The first-order chi connectivity index (χ1) is 7.83. The number of carbonyl (C=O) groups is 1. The van der Waals surface area contributed by atoms with Crippen molar-refractivity contribution in [1.82, 2.24) is 5.32 Å². The van der Waals surface area contributed by atoms with Crippen molar-refractivity contribution in [2.24, 2.45) is 0 Å². The zero-order valence-electron chi connectivity index (χ0n) is 11.4. The Hall–Kier alpha value is -1.51. The molecule has 0 aliphatic carbocycles. The van der Waals surface area contributed by atoms with Crippen molar-refractivity contribution in [2.45, 2.75) is 39.7 Å². The van der Waals surface area contributed by atoms with Gasteiger partial charge in [0.25, 0.3) is 0 Å². The van der Waals surface area contributed by atoms with Crippen LogP contribution in [0.5, 0.6) is 0 Å². The van der Waals surface area contributed by atoms with Crippen molar-refractivity contribution in [2.75, 3.05) is 11.9 Å². The Morgan fingerprint density at radius 2 is 1.76 bits per heavy atom. The fourth-order valence-electron chi connectivity index (χ4n) is 1.48. The number of urea groups is 1. The van der Waals surface area contributed by atoms with Crippen LogP contribution in [0, 0.1) is 0 Å². The largest absolute Gasteiger partial charge is 0.333 e. The van der Waals surface area contributed by atoms with E-state index in [1.54, 1.807) is 11.9 Å². The molecule has 94 valence electrons. The third-order valence-corrected chi connectivity index (χ3v) is 2.52. The second-order valence-corrected chi connectivity index (χ2v) is 5.26. The van der Waals surface area contributed by atoms with E-state index in [0.717, 1.165) is 12.1 Å². The first-order valence-electron chi connectivity index (χ1n) is 5.98. The first kappa shape index (κ1) is 13.6. The molecule has 1 rings (SSSR count). The van der Waals surface area contributed by atoms with Crippen LogP contribution in [0.1, 0.15) is 33.3 Å². The van der Waals surface area contributed by atoms with Gasteiger partial charge in [-0.05, 0) is 44.9 Å². The monoisotopic (exact) mass is 234 g/mol. The van der Waals surface area contributed by atoms with Gasteiger partial charge in [0.2, 0.25) is 0 Å². The molecule has 1 aromatic rings. The van der Waals surface area contributed by atoms with Gasteiger partial charge in [0.1, 0.15) is 0 Å². The van der Waals surface area contributed by atoms with Crippen molar-refractivity contribution in [3.63, 3.8) is 0 Å². The Morgan fingerprint density at radius 1 is 1.24 bits per heavy atom. The minimum Gasteiger partial charge on any atom is -0.333 e. The van der Waals surface area contributed by atoms with Gasteiger partial charge in [0.15, 0.2) is 0 Å². The number of benzene rings is 1. The van der Waals surface area contributed by atoms with Crippen LogP contribution < -0.4 is 10.2 Å². The average Bonchev–Trinajstić information content (AvgIpc) is 2.26. The van der Waals surface area contributed by atoms with Gasteiger partial charge in [-0.3, -0.25) is 4.90 Å². The molecule has 0 bridgehead atoms. The van der Waals surface area contributed by atoms with Crippen LogP contribution in [0.2, 0.25) is 0 Å². The van der Waals surface area contributed by atoms with Gasteiger partial charge in [0, 0.05) is 18.3 Å². The lowest BCUT2D eigenvalue weighted by molar-refractivity contribution is 0.239. The highest BCUT2D eigenvalue weighted by Crippen LogP contribution is 2.15. The lowest BCUT2D eigenvalue weighted by Gasteiger charge is -2.25. The van der Waals surface area contributed by atoms with Crippen molar-refractivity contribution >= 4 is 11.7 Å². The molecule has 0 fully saturated rings. The topological polar surface area (TPSA) is 32.3 Å². The fourth-order valence-corrected chi connectivity index (χ4v) is 1.48. The summed E-state index contributed by atoms with van der Waals surface area (Å²) in [6, 6.07) is 7.97. The van der Waals surface area contributed by atoms with E-state index in [0.29, 0.717) is 0 Å². The molecule has 0 unspecified atom stereocenters. The van der Waals surface area contributed by atoms with Crippen molar-refractivity contribution < 1.29 is 4.79 Å². The quantitative estimate of drug-likeness (QED) is 0.837. The number of nitrogens with zero attached hydrogens (tertiary/aromatic N) is 1. The van der Waals surface area contributed by atoms with Gasteiger partial charge in [-0.15, -0.1) is 0 Å². The molecule has 3 heteroatoms. The summed E-state index contributed by atoms with van der Waals surface area (Å²) in [6.45, 7) is 8.03. The molecule has 0 saturated carbocycles. The molecule has 0 aromatic heterocycles. The number of nitrogens with one attached hydrogen (secondary N) is 1. The van der Waals surface area contributed by atoms with E-state index in [1.165, 1.54) is 5.56 Å². The third kappa shape index (κ3) is 4.10. The molecule has 0 saturated heterocycles. The number of aryl methyl sites for hydroxylation is 1. The normalized spacial score (nSPS) is 11.1. The Morgan fingerprint density at radius 3 is 2.18 bits per heavy atom. The summed E-state index contributed by atoms with van der Waals surface area (Å²) in [5.74, 6) is 0. The first-order valence-corrected chi connectivity index (χ1v) is 5.98. The van der Waals surface area contributed by atoms with E-state index in [9.17, 15) is 4.79 Å². The molecule has 0 aliphatic heterocycles. The van der Waals surface area contributed by atoms with Crippen LogP contribution in [0.25, 0.3) is 0 Å². The molecular formula is C14H22N2O. The zero-order chi connectivity index (χ0) is 13.1. The van der Waals surface area contributed by atoms with Gasteiger partial charge in [-0.1, -0.05) is 19.1 Å². The summed E-state index contributed by atoms with van der Waals surface area (Å²) < 4.78 is 0. The fraction of sp³-hybridized carbons (Fsp3) is 0.500. The number of hydrogen-bond donors (Lipinski definition) is 1. The van der Waals surface area contributed by atoms with Crippen LogP contribution in [-0.4, -0.2) is 18.6 Å². The molecule has 0 spiro atoms. The molecule has 2 amide bonds. The number of carbonyl (C=O) groups excluding carboxylic acids is 1. The molecular weight excluding hydrogens is 212 g/mol. The zero-order valence-corrected chi connectivity index (χ0v) is 11.4. The summed E-state index contributed by atoms with van der Waals surface area (Å²) in [6.07, 6.45) is 1.01. The Kier molecular flexibility index (Phi) is 4.16. The van der Waals surface area contributed by atoms with Gasteiger partial charge in [0.05, 0.1) is 0 Å². The van der Waals surface area contributed by atoms with Gasteiger partial charge in [-0.2, -0.15) is 0 Å². The number of anilines is 1. The Balaban J connectivity index is 2.74. The summed E-state index contributed by atoms with van der Waals surface area (Å²) in [5.41, 5.74) is 1.97. The summed E-state index contributed by atoms with van der Waals surface area (Å²) >= 11 is 0. The maximum atomic E-state index is 11.9. The molecule has 0 heterocycles. The van der Waals surface area contributed by atoms with Crippen LogP contribution in [-0.2, 0) is 6.42 Å². The van der Waals surface area contributed by atoms with E-state index in [-0.39, 0.29) is 11.6 Å².